The Morgan fingerprint density at radius 3 is 2.70 bits per heavy atom. The van der Waals surface area contributed by atoms with Crippen molar-refractivity contribution in [3.05, 3.63) is 65.7 Å². The molecule has 2 heterocycles. The molecule has 2 unspecified atom stereocenters. The van der Waals surface area contributed by atoms with Crippen LogP contribution in [0.15, 0.2) is 54.6 Å². The van der Waals surface area contributed by atoms with Crippen LogP contribution in [0.25, 0.3) is 0 Å². The van der Waals surface area contributed by atoms with E-state index < -0.39 is 0 Å². The zero-order valence-electron chi connectivity index (χ0n) is 11.5. The van der Waals surface area contributed by atoms with Gasteiger partial charge in [0.15, 0.2) is 0 Å². The molecule has 2 aromatic carbocycles. The molecule has 0 radical (unpaired) electrons. The molecule has 0 N–H and O–H groups in total. The molecule has 2 aromatic rings. The first kappa shape index (κ1) is 12.0. The van der Waals surface area contributed by atoms with Gasteiger partial charge < -0.3 is 9.64 Å². The summed E-state index contributed by atoms with van der Waals surface area (Å²) in [6, 6.07) is 19.5. The first-order chi connectivity index (χ1) is 9.92. The van der Waals surface area contributed by atoms with Crippen LogP contribution in [0.1, 0.15) is 23.7 Å². The quantitative estimate of drug-likeness (QED) is 0.819. The van der Waals surface area contributed by atoms with Crippen LogP contribution < -0.4 is 4.90 Å². The van der Waals surface area contributed by atoms with Gasteiger partial charge in [-0.1, -0.05) is 48.5 Å². The van der Waals surface area contributed by atoms with Gasteiger partial charge in [-0.2, -0.15) is 0 Å². The van der Waals surface area contributed by atoms with Crippen LogP contribution in [0.2, 0.25) is 0 Å². The number of hydrogen-bond acceptors (Lipinski definition) is 2. The maximum atomic E-state index is 5.96. The molecule has 0 saturated carbocycles. The van der Waals surface area contributed by atoms with E-state index in [1.807, 2.05) is 0 Å². The molecule has 0 spiro atoms. The Kier molecular flexibility index (Phi) is 2.96. The van der Waals surface area contributed by atoms with Crippen LogP contribution in [0, 0.1) is 5.92 Å². The molecular formula is C18H19NO. The monoisotopic (exact) mass is 265 g/mol. The Morgan fingerprint density at radius 2 is 1.80 bits per heavy atom. The maximum Gasteiger partial charge on any atom is 0.0890 e. The molecule has 2 aliphatic rings. The number of hydrogen-bond donors (Lipinski definition) is 0. The number of fused-ring (bicyclic) bond motifs is 3. The van der Waals surface area contributed by atoms with Gasteiger partial charge in [0.05, 0.1) is 6.10 Å². The molecule has 1 saturated heterocycles. The number of ether oxygens (including phenoxy) is 1. The fourth-order valence-electron chi connectivity index (χ4n) is 3.52. The van der Waals surface area contributed by atoms with Gasteiger partial charge in [0.25, 0.3) is 0 Å². The third-order valence-corrected chi connectivity index (χ3v) is 4.47. The third kappa shape index (κ3) is 2.01. The van der Waals surface area contributed by atoms with E-state index in [0.29, 0.717) is 12.0 Å². The minimum absolute atomic E-state index is 0.318. The standard InChI is InChI=1S/C18H19NO/c1-2-6-14(7-3-1)12-19-13-15-10-11-20-18(15)16-8-4-5-9-17(16)19/h1-9,15,18H,10-13H2. The average Bonchev–Trinajstić information content (AvgIpc) is 2.97. The van der Waals surface area contributed by atoms with E-state index in [1.165, 1.54) is 23.2 Å². The topological polar surface area (TPSA) is 12.5 Å². The van der Waals surface area contributed by atoms with Gasteiger partial charge >= 0.3 is 0 Å². The van der Waals surface area contributed by atoms with Crippen molar-refractivity contribution < 1.29 is 4.74 Å². The van der Waals surface area contributed by atoms with Crippen molar-refractivity contribution in [2.75, 3.05) is 18.1 Å². The summed E-state index contributed by atoms with van der Waals surface area (Å²) in [6.45, 7) is 3.00. The first-order valence-electron chi connectivity index (χ1n) is 7.41. The van der Waals surface area contributed by atoms with Crippen LogP contribution in [0.3, 0.4) is 0 Å². The smallest absolute Gasteiger partial charge is 0.0890 e. The summed E-state index contributed by atoms with van der Waals surface area (Å²) >= 11 is 0. The minimum atomic E-state index is 0.318. The van der Waals surface area contributed by atoms with Crippen molar-refractivity contribution in [1.82, 2.24) is 0 Å². The summed E-state index contributed by atoms with van der Waals surface area (Å²) in [5, 5.41) is 0. The summed E-state index contributed by atoms with van der Waals surface area (Å²) < 4.78 is 5.96. The number of anilines is 1. The van der Waals surface area contributed by atoms with Gasteiger partial charge in [0.1, 0.15) is 0 Å². The van der Waals surface area contributed by atoms with Crippen molar-refractivity contribution in [3.63, 3.8) is 0 Å². The van der Waals surface area contributed by atoms with E-state index in [9.17, 15) is 0 Å². The highest BCUT2D eigenvalue weighted by Crippen LogP contribution is 2.44. The van der Waals surface area contributed by atoms with Crippen molar-refractivity contribution in [1.29, 1.82) is 0 Å². The number of para-hydroxylation sites is 1. The van der Waals surface area contributed by atoms with Crippen LogP contribution in [-0.4, -0.2) is 13.2 Å². The van der Waals surface area contributed by atoms with E-state index in [2.05, 4.69) is 59.5 Å². The average molecular weight is 265 g/mol. The molecule has 2 nitrogen and oxygen atoms in total. The zero-order valence-corrected chi connectivity index (χ0v) is 11.5. The Bertz CT molecular complexity index is 595. The third-order valence-electron chi connectivity index (χ3n) is 4.47. The van der Waals surface area contributed by atoms with Gasteiger partial charge in [-0.15, -0.1) is 0 Å². The van der Waals surface area contributed by atoms with Crippen molar-refractivity contribution >= 4 is 5.69 Å². The lowest BCUT2D eigenvalue weighted by Crippen LogP contribution is -2.35. The highest BCUT2D eigenvalue weighted by molar-refractivity contribution is 5.57. The molecule has 0 aliphatic carbocycles. The van der Waals surface area contributed by atoms with Gasteiger partial charge in [-0.05, 0) is 18.1 Å². The Morgan fingerprint density at radius 1 is 1.00 bits per heavy atom. The molecular weight excluding hydrogens is 246 g/mol. The molecule has 0 amide bonds. The van der Waals surface area contributed by atoms with Crippen molar-refractivity contribution in [2.24, 2.45) is 5.92 Å². The number of rotatable bonds is 2. The van der Waals surface area contributed by atoms with E-state index in [0.717, 1.165) is 19.7 Å². The molecule has 20 heavy (non-hydrogen) atoms. The highest BCUT2D eigenvalue weighted by Gasteiger charge is 2.37. The minimum Gasteiger partial charge on any atom is -0.373 e. The van der Waals surface area contributed by atoms with E-state index in [1.54, 1.807) is 0 Å². The predicted molar refractivity (Wildman–Crippen MR) is 80.7 cm³/mol. The molecule has 4 rings (SSSR count). The van der Waals surface area contributed by atoms with Crippen LogP contribution >= 0.6 is 0 Å². The molecule has 2 atom stereocenters. The highest BCUT2D eigenvalue weighted by atomic mass is 16.5. The lowest BCUT2D eigenvalue weighted by atomic mass is 9.89. The molecule has 1 fully saturated rings. The second-order valence-corrected chi connectivity index (χ2v) is 5.77. The molecule has 0 bridgehead atoms. The van der Waals surface area contributed by atoms with Crippen molar-refractivity contribution in [3.8, 4) is 0 Å². The lowest BCUT2D eigenvalue weighted by Gasteiger charge is -2.37. The van der Waals surface area contributed by atoms with E-state index in [-0.39, 0.29) is 0 Å². The van der Waals surface area contributed by atoms with Crippen molar-refractivity contribution in [2.45, 2.75) is 19.1 Å². The maximum absolute atomic E-state index is 5.96. The van der Waals surface area contributed by atoms with Gasteiger partial charge in [-0.25, -0.2) is 0 Å². The molecule has 2 aliphatic heterocycles. The second-order valence-electron chi connectivity index (χ2n) is 5.77. The zero-order chi connectivity index (χ0) is 13.4. The lowest BCUT2D eigenvalue weighted by molar-refractivity contribution is 0.0885. The van der Waals surface area contributed by atoms with Gasteiger partial charge in [-0.3, -0.25) is 0 Å². The van der Waals surface area contributed by atoms with Crippen LogP contribution in [-0.2, 0) is 11.3 Å². The molecule has 0 aromatic heterocycles. The summed E-state index contributed by atoms with van der Waals surface area (Å²) in [6.07, 6.45) is 1.50. The Hall–Kier alpha value is -1.80. The SMILES string of the molecule is c1ccc(CN2CC3CCOC3c3ccccc32)cc1. The van der Waals surface area contributed by atoms with Crippen LogP contribution in [0.4, 0.5) is 5.69 Å². The van der Waals surface area contributed by atoms with E-state index >= 15 is 0 Å². The number of nitrogens with zero attached hydrogens (tertiary/aromatic N) is 1. The van der Waals surface area contributed by atoms with Gasteiger partial charge in [0.2, 0.25) is 0 Å². The first-order valence-corrected chi connectivity index (χ1v) is 7.41. The summed E-state index contributed by atoms with van der Waals surface area (Å²) in [5.74, 6) is 0.647. The fraction of sp³-hybridized carbons (Fsp3) is 0.333. The Labute approximate surface area is 120 Å². The summed E-state index contributed by atoms with van der Waals surface area (Å²) in [7, 11) is 0. The van der Waals surface area contributed by atoms with Gasteiger partial charge in [0, 0.05) is 36.9 Å². The Balaban J connectivity index is 1.68. The molecule has 102 valence electrons. The van der Waals surface area contributed by atoms with E-state index in [4.69, 9.17) is 4.74 Å². The fourth-order valence-corrected chi connectivity index (χ4v) is 3.52. The second kappa shape index (κ2) is 4.95. The largest absolute Gasteiger partial charge is 0.373 e. The number of benzene rings is 2. The summed E-state index contributed by atoms with van der Waals surface area (Å²) in [4.78, 5) is 2.51. The summed E-state index contributed by atoms with van der Waals surface area (Å²) in [5.41, 5.74) is 4.09. The predicted octanol–water partition coefficient (Wildman–Crippen LogP) is 3.78. The normalized spacial score (nSPS) is 24.3. The molecule has 2 heteroatoms. The van der Waals surface area contributed by atoms with Crippen LogP contribution in [0.5, 0.6) is 0 Å².